The Morgan fingerprint density at radius 2 is 1.64 bits per heavy atom. The van der Waals surface area contributed by atoms with E-state index in [9.17, 15) is 18.0 Å². The molecule has 186 valence electrons. The van der Waals surface area contributed by atoms with Gasteiger partial charge in [0.1, 0.15) is 0 Å². The van der Waals surface area contributed by atoms with Crippen LogP contribution in [0.25, 0.3) is 10.9 Å². The summed E-state index contributed by atoms with van der Waals surface area (Å²) < 4.78 is 29.2. The Kier molecular flexibility index (Phi) is 7.09. The summed E-state index contributed by atoms with van der Waals surface area (Å²) in [6.45, 7) is 5.20. The molecule has 2 heterocycles. The number of aromatic nitrogens is 4. The fourth-order valence-corrected chi connectivity index (χ4v) is 5.24. The number of para-hydroxylation sites is 1. The van der Waals surface area contributed by atoms with Gasteiger partial charge in [0.15, 0.2) is 5.16 Å². The standard InChI is InChI=1S/C24H24N6O4S2/c1-14-13-15(2)26-23(25-14)29-36(33,34)18-11-9-17(10-12-18)27-21(31)16(3)35-24-28-20-8-6-5-7-19(20)22(32)30(24)4/h5-13,16H,1-4H3,(H,27,31)(H,25,26,29). The molecule has 10 nitrogen and oxygen atoms in total. The SMILES string of the molecule is Cc1cc(C)nc(NS(=O)(=O)c2ccc(NC(=O)C(C)Sc3nc4ccccc4c(=O)n3C)cc2)n1. The topological polar surface area (TPSA) is 136 Å². The van der Waals surface area contributed by atoms with Crippen LogP contribution in [0.1, 0.15) is 18.3 Å². The van der Waals surface area contributed by atoms with Crippen LogP contribution in [0.5, 0.6) is 0 Å². The smallest absolute Gasteiger partial charge is 0.264 e. The third-order valence-electron chi connectivity index (χ3n) is 5.23. The Bertz CT molecular complexity index is 1600. The van der Waals surface area contributed by atoms with Gasteiger partial charge in [0, 0.05) is 24.1 Å². The molecule has 2 aromatic carbocycles. The van der Waals surface area contributed by atoms with E-state index in [0.717, 1.165) is 11.8 Å². The highest BCUT2D eigenvalue weighted by Crippen LogP contribution is 2.24. The molecule has 0 aliphatic rings. The number of carbonyl (C=O) groups excluding carboxylic acids is 1. The number of nitrogens with one attached hydrogen (secondary N) is 2. The first-order valence-corrected chi connectivity index (χ1v) is 13.3. The highest BCUT2D eigenvalue weighted by Gasteiger charge is 2.20. The molecule has 0 fully saturated rings. The summed E-state index contributed by atoms with van der Waals surface area (Å²) in [5.41, 5.74) is 2.09. The summed E-state index contributed by atoms with van der Waals surface area (Å²) in [6.07, 6.45) is 0. The molecule has 0 radical (unpaired) electrons. The summed E-state index contributed by atoms with van der Waals surface area (Å²) in [5.74, 6) is -0.327. The highest BCUT2D eigenvalue weighted by atomic mass is 32.2. The van der Waals surface area contributed by atoms with Crippen LogP contribution in [0.15, 0.2) is 69.4 Å². The van der Waals surface area contributed by atoms with Gasteiger partial charge < -0.3 is 5.32 Å². The molecule has 0 spiro atoms. The predicted octanol–water partition coefficient (Wildman–Crippen LogP) is 3.26. The fourth-order valence-electron chi connectivity index (χ4n) is 3.43. The lowest BCUT2D eigenvalue weighted by atomic mass is 10.2. The molecule has 4 rings (SSSR count). The van der Waals surface area contributed by atoms with Crippen molar-refractivity contribution in [2.75, 3.05) is 10.0 Å². The van der Waals surface area contributed by atoms with Crippen molar-refractivity contribution in [1.29, 1.82) is 0 Å². The maximum absolute atomic E-state index is 12.8. The molecule has 1 unspecified atom stereocenters. The van der Waals surface area contributed by atoms with E-state index in [1.165, 1.54) is 28.8 Å². The predicted molar refractivity (Wildman–Crippen MR) is 140 cm³/mol. The molecule has 1 amide bonds. The van der Waals surface area contributed by atoms with Crippen molar-refractivity contribution in [2.45, 2.75) is 36.1 Å². The van der Waals surface area contributed by atoms with Gasteiger partial charge in [-0.2, -0.15) is 0 Å². The van der Waals surface area contributed by atoms with E-state index in [1.807, 2.05) is 0 Å². The van der Waals surface area contributed by atoms with Gasteiger partial charge in [-0.15, -0.1) is 0 Å². The molecular weight excluding hydrogens is 500 g/mol. The minimum Gasteiger partial charge on any atom is -0.325 e. The number of sulfonamides is 1. The molecule has 0 saturated heterocycles. The molecule has 0 aliphatic carbocycles. The zero-order valence-corrected chi connectivity index (χ0v) is 21.6. The number of aryl methyl sites for hydroxylation is 2. The van der Waals surface area contributed by atoms with Crippen LogP contribution in [0, 0.1) is 13.8 Å². The minimum absolute atomic E-state index is 0.000968. The van der Waals surface area contributed by atoms with E-state index >= 15 is 0 Å². The largest absolute Gasteiger partial charge is 0.325 e. The van der Waals surface area contributed by atoms with E-state index in [2.05, 4.69) is 25.0 Å². The van der Waals surface area contributed by atoms with Gasteiger partial charge >= 0.3 is 0 Å². The number of benzene rings is 2. The van der Waals surface area contributed by atoms with Crippen molar-refractivity contribution in [3.8, 4) is 0 Å². The zero-order chi connectivity index (χ0) is 26.0. The van der Waals surface area contributed by atoms with Crippen LogP contribution in [0.4, 0.5) is 11.6 Å². The van der Waals surface area contributed by atoms with Crippen molar-refractivity contribution in [2.24, 2.45) is 7.05 Å². The molecule has 4 aromatic rings. The van der Waals surface area contributed by atoms with E-state index in [1.54, 1.807) is 58.2 Å². The maximum Gasteiger partial charge on any atom is 0.264 e. The van der Waals surface area contributed by atoms with Gasteiger partial charge in [0.05, 0.1) is 21.0 Å². The van der Waals surface area contributed by atoms with Crippen molar-refractivity contribution in [3.05, 3.63) is 76.3 Å². The van der Waals surface area contributed by atoms with Crippen molar-refractivity contribution < 1.29 is 13.2 Å². The van der Waals surface area contributed by atoms with Gasteiger partial charge in [-0.3, -0.25) is 14.2 Å². The van der Waals surface area contributed by atoms with Crippen molar-refractivity contribution in [1.82, 2.24) is 19.5 Å². The number of carbonyl (C=O) groups is 1. The van der Waals surface area contributed by atoms with Crippen LogP contribution in [-0.2, 0) is 21.9 Å². The van der Waals surface area contributed by atoms with E-state index in [4.69, 9.17) is 0 Å². The fraction of sp³-hybridized carbons (Fsp3) is 0.208. The first kappa shape index (κ1) is 25.3. The minimum atomic E-state index is -3.91. The third-order valence-corrected chi connectivity index (χ3v) is 7.72. The highest BCUT2D eigenvalue weighted by molar-refractivity contribution is 8.00. The molecule has 2 N–H and O–H groups in total. The Hall–Kier alpha value is -3.77. The normalized spacial score (nSPS) is 12.3. The molecular formula is C24H24N6O4S2. The number of fused-ring (bicyclic) bond motifs is 1. The van der Waals surface area contributed by atoms with Gasteiger partial charge in [-0.25, -0.2) is 28.1 Å². The van der Waals surface area contributed by atoms with Crippen LogP contribution < -0.4 is 15.6 Å². The van der Waals surface area contributed by atoms with Crippen molar-refractivity contribution >= 4 is 50.2 Å². The molecule has 12 heteroatoms. The van der Waals surface area contributed by atoms with E-state index in [0.29, 0.717) is 33.1 Å². The first-order chi connectivity index (χ1) is 17.0. The quantitative estimate of drug-likeness (QED) is 0.278. The van der Waals surface area contributed by atoms with Gasteiger partial charge in [0.2, 0.25) is 11.9 Å². The van der Waals surface area contributed by atoms with Crippen LogP contribution in [0.3, 0.4) is 0 Å². The second-order valence-electron chi connectivity index (χ2n) is 8.13. The van der Waals surface area contributed by atoms with Crippen LogP contribution in [0.2, 0.25) is 0 Å². The van der Waals surface area contributed by atoms with Gasteiger partial charge in [0.25, 0.3) is 15.6 Å². The van der Waals surface area contributed by atoms with Gasteiger partial charge in [-0.05, 0) is 63.2 Å². The maximum atomic E-state index is 12.8. The summed E-state index contributed by atoms with van der Waals surface area (Å²) in [6, 6.07) is 14.5. The number of nitrogens with zero attached hydrogens (tertiary/aromatic N) is 4. The van der Waals surface area contributed by atoms with E-state index < -0.39 is 15.3 Å². The van der Waals surface area contributed by atoms with E-state index in [-0.39, 0.29) is 22.3 Å². The monoisotopic (exact) mass is 524 g/mol. The first-order valence-electron chi connectivity index (χ1n) is 10.9. The number of rotatable bonds is 7. The zero-order valence-electron chi connectivity index (χ0n) is 20.0. The van der Waals surface area contributed by atoms with Crippen LogP contribution in [-0.4, -0.2) is 39.1 Å². The Morgan fingerprint density at radius 3 is 2.31 bits per heavy atom. The van der Waals surface area contributed by atoms with Crippen LogP contribution >= 0.6 is 11.8 Å². The number of hydrogen-bond acceptors (Lipinski definition) is 8. The lowest BCUT2D eigenvalue weighted by Crippen LogP contribution is -2.25. The molecule has 0 bridgehead atoms. The van der Waals surface area contributed by atoms with Gasteiger partial charge in [-0.1, -0.05) is 23.9 Å². The molecule has 0 saturated carbocycles. The Labute approximate surface area is 212 Å². The second kappa shape index (κ2) is 10.1. The summed E-state index contributed by atoms with van der Waals surface area (Å²) in [7, 11) is -2.29. The third kappa shape index (κ3) is 5.55. The summed E-state index contributed by atoms with van der Waals surface area (Å²) >= 11 is 1.16. The molecule has 0 aliphatic heterocycles. The number of hydrogen-bond donors (Lipinski definition) is 2. The number of amides is 1. The second-order valence-corrected chi connectivity index (χ2v) is 11.1. The summed E-state index contributed by atoms with van der Waals surface area (Å²) in [5, 5.41) is 3.12. The average Bonchev–Trinajstić information content (AvgIpc) is 2.81. The van der Waals surface area contributed by atoms with Crippen molar-refractivity contribution in [3.63, 3.8) is 0 Å². The molecule has 36 heavy (non-hydrogen) atoms. The molecule has 1 atom stereocenters. The lowest BCUT2D eigenvalue weighted by Gasteiger charge is -2.14. The molecule has 2 aromatic heterocycles. The number of thioether (sulfide) groups is 1. The Morgan fingerprint density at radius 1 is 1.00 bits per heavy atom. The number of anilines is 2. The Balaban J connectivity index is 1.45. The lowest BCUT2D eigenvalue weighted by molar-refractivity contribution is -0.115. The summed E-state index contributed by atoms with van der Waals surface area (Å²) in [4.78, 5) is 38.1. The average molecular weight is 525 g/mol.